The van der Waals surface area contributed by atoms with Crippen LogP contribution in [-0.2, 0) is 4.18 Å². The molecule has 4 nitrogen and oxygen atoms in total. The molecule has 0 bridgehead atoms. The standard InChI is InChI=1S/C17H12FNO3S2/c1-23-13-9-7-12(8-10-13)15-14(11-5-3-2-4-6-11)16(21-19-15)17(20)22-24-18/h2-10H,1H3. The summed E-state index contributed by atoms with van der Waals surface area (Å²) >= 11 is 1.11. The minimum atomic E-state index is -0.916. The van der Waals surface area contributed by atoms with Crippen molar-refractivity contribution < 1.29 is 17.4 Å². The van der Waals surface area contributed by atoms with E-state index in [1.807, 2.05) is 60.9 Å². The number of benzene rings is 2. The summed E-state index contributed by atoms with van der Waals surface area (Å²) in [6, 6.07) is 16.9. The van der Waals surface area contributed by atoms with Gasteiger partial charge in [0.2, 0.25) is 0 Å². The first-order valence-corrected chi connectivity index (χ1v) is 8.80. The summed E-state index contributed by atoms with van der Waals surface area (Å²) in [7, 11) is 0. The van der Waals surface area contributed by atoms with Crippen LogP contribution < -0.4 is 0 Å². The van der Waals surface area contributed by atoms with E-state index >= 15 is 0 Å². The molecule has 0 spiro atoms. The number of rotatable bonds is 5. The molecule has 24 heavy (non-hydrogen) atoms. The van der Waals surface area contributed by atoms with E-state index in [1.165, 1.54) is 0 Å². The summed E-state index contributed by atoms with van der Waals surface area (Å²) in [5.74, 6) is -1.05. The number of hydrogen-bond donors (Lipinski definition) is 0. The predicted molar refractivity (Wildman–Crippen MR) is 93.3 cm³/mol. The Balaban J connectivity index is 2.13. The molecule has 0 amide bonds. The zero-order valence-electron chi connectivity index (χ0n) is 12.6. The Morgan fingerprint density at radius 3 is 2.42 bits per heavy atom. The first-order chi connectivity index (χ1) is 11.7. The van der Waals surface area contributed by atoms with E-state index in [0.29, 0.717) is 11.3 Å². The van der Waals surface area contributed by atoms with Crippen molar-refractivity contribution in [2.45, 2.75) is 4.90 Å². The van der Waals surface area contributed by atoms with Crippen molar-refractivity contribution >= 4 is 30.2 Å². The quantitative estimate of drug-likeness (QED) is 0.447. The molecule has 0 aliphatic carbocycles. The number of aromatic nitrogens is 1. The molecular weight excluding hydrogens is 349 g/mol. The number of halogens is 1. The normalized spacial score (nSPS) is 10.6. The molecule has 3 aromatic rings. The van der Waals surface area contributed by atoms with Gasteiger partial charge in [-0.25, -0.2) is 4.79 Å². The maximum Gasteiger partial charge on any atom is 0.391 e. The SMILES string of the molecule is CSc1ccc(-c2noc(C(=O)OSF)c2-c2ccccc2)cc1. The average Bonchev–Trinajstić information content (AvgIpc) is 3.08. The van der Waals surface area contributed by atoms with Crippen LogP contribution in [0, 0.1) is 0 Å². The minimum absolute atomic E-state index is 0.129. The summed E-state index contributed by atoms with van der Waals surface area (Å²) in [5, 5.41) is 4.01. The summed E-state index contributed by atoms with van der Waals surface area (Å²) in [4.78, 5) is 13.1. The lowest BCUT2D eigenvalue weighted by molar-refractivity contribution is 0.0721. The lowest BCUT2D eigenvalue weighted by Crippen LogP contribution is -1.99. The average molecular weight is 361 g/mol. The fourth-order valence-electron chi connectivity index (χ4n) is 2.31. The van der Waals surface area contributed by atoms with Crippen molar-refractivity contribution in [1.29, 1.82) is 0 Å². The van der Waals surface area contributed by atoms with Crippen molar-refractivity contribution in [2.75, 3.05) is 6.26 Å². The molecule has 0 fully saturated rings. The van der Waals surface area contributed by atoms with Gasteiger partial charge in [0.15, 0.2) is 0 Å². The molecule has 0 unspecified atom stereocenters. The van der Waals surface area contributed by atoms with Gasteiger partial charge in [-0.05, 0) is 24.0 Å². The van der Waals surface area contributed by atoms with Crippen LogP contribution in [-0.4, -0.2) is 17.4 Å². The monoisotopic (exact) mass is 361 g/mol. The highest BCUT2D eigenvalue weighted by Gasteiger charge is 2.26. The third-order valence-corrected chi connectivity index (χ3v) is 4.37. The van der Waals surface area contributed by atoms with Crippen LogP contribution in [0.25, 0.3) is 22.4 Å². The van der Waals surface area contributed by atoms with Crippen molar-refractivity contribution in [3.8, 4) is 22.4 Å². The number of thioether (sulfide) groups is 1. The molecule has 122 valence electrons. The number of hydrogen-bond acceptors (Lipinski definition) is 6. The van der Waals surface area contributed by atoms with Crippen molar-refractivity contribution in [1.82, 2.24) is 5.16 Å². The lowest BCUT2D eigenvalue weighted by Gasteiger charge is -2.04. The molecule has 0 N–H and O–H groups in total. The molecule has 7 heteroatoms. The van der Waals surface area contributed by atoms with E-state index in [-0.39, 0.29) is 5.76 Å². The summed E-state index contributed by atoms with van der Waals surface area (Å²) in [6.07, 6.45) is 1.99. The van der Waals surface area contributed by atoms with E-state index < -0.39 is 18.4 Å². The van der Waals surface area contributed by atoms with Crippen molar-refractivity contribution in [2.24, 2.45) is 0 Å². The van der Waals surface area contributed by atoms with Gasteiger partial charge in [-0.2, -0.15) is 0 Å². The van der Waals surface area contributed by atoms with E-state index in [9.17, 15) is 8.68 Å². The molecule has 0 saturated heterocycles. The van der Waals surface area contributed by atoms with Gasteiger partial charge < -0.3 is 8.71 Å². The zero-order valence-corrected chi connectivity index (χ0v) is 14.2. The first-order valence-electron chi connectivity index (χ1n) is 6.93. The van der Waals surface area contributed by atoms with Crippen LogP contribution in [0.2, 0.25) is 0 Å². The number of nitrogens with zero attached hydrogens (tertiary/aromatic N) is 1. The Bertz CT molecular complexity index is 835. The fraction of sp³-hybridized carbons (Fsp3) is 0.0588. The Labute approximate surface area is 146 Å². The van der Waals surface area contributed by atoms with E-state index in [4.69, 9.17) is 4.52 Å². The minimum Gasteiger partial charge on any atom is -0.354 e. The van der Waals surface area contributed by atoms with Gasteiger partial charge in [0.25, 0.3) is 18.2 Å². The first kappa shape index (κ1) is 16.6. The van der Waals surface area contributed by atoms with Crippen LogP contribution in [0.4, 0.5) is 3.89 Å². The van der Waals surface area contributed by atoms with E-state index in [2.05, 4.69) is 9.34 Å². The van der Waals surface area contributed by atoms with Gasteiger partial charge in [0.1, 0.15) is 5.69 Å². The van der Waals surface area contributed by atoms with Gasteiger partial charge in [-0.15, -0.1) is 15.6 Å². The predicted octanol–water partition coefficient (Wildman–Crippen LogP) is 5.42. The third-order valence-electron chi connectivity index (χ3n) is 3.41. The Morgan fingerprint density at radius 1 is 1.08 bits per heavy atom. The summed E-state index contributed by atoms with van der Waals surface area (Å²) in [5.41, 5.74) is 2.51. The van der Waals surface area contributed by atoms with Crippen LogP contribution in [0.5, 0.6) is 0 Å². The van der Waals surface area contributed by atoms with Crippen LogP contribution in [0.15, 0.2) is 64.0 Å². The summed E-state index contributed by atoms with van der Waals surface area (Å²) in [6.45, 7) is 0. The van der Waals surface area contributed by atoms with Gasteiger partial charge in [-0.1, -0.05) is 47.6 Å². The van der Waals surface area contributed by atoms with Gasteiger partial charge in [-0.3, -0.25) is 0 Å². The Kier molecular flexibility index (Phi) is 5.22. The molecule has 0 aliphatic rings. The molecule has 3 rings (SSSR count). The van der Waals surface area contributed by atoms with Crippen molar-refractivity contribution in [3.05, 3.63) is 60.4 Å². The largest absolute Gasteiger partial charge is 0.391 e. The second-order valence-electron chi connectivity index (χ2n) is 4.76. The van der Waals surface area contributed by atoms with Gasteiger partial charge in [0.05, 0.1) is 5.56 Å². The second-order valence-corrected chi connectivity index (χ2v) is 5.94. The molecule has 0 aliphatic heterocycles. The topological polar surface area (TPSA) is 52.3 Å². The molecular formula is C17H12FNO3S2. The Morgan fingerprint density at radius 2 is 1.79 bits per heavy atom. The van der Waals surface area contributed by atoms with Gasteiger partial charge in [0, 0.05) is 10.5 Å². The molecule has 0 radical (unpaired) electrons. The number of carbonyl (C=O) groups excluding carboxylic acids is 1. The van der Waals surface area contributed by atoms with Crippen LogP contribution in [0.1, 0.15) is 10.6 Å². The summed E-state index contributed by atoms with van der Waals surface area (Å²) < 4.78 is 21.8. The van der Waals surface area contributed by atoms with Crippen LogP contribution in [0.3, 0.4) is 0 Å². The third kappa shape index (κ3) is 3.32. The highest BCUT2D eigenvalue weighted by molar-refractivity contribution is 7.98. The van der Waals surface area contributed by atoms with Crippen molar-refractivity contribution in [3.63, 3.8) is 0 Å². The highest BCUT2D eigenvalue weighted by atomic mass is 32.2. The second kappa shape index (κ2) is 7.55. The zero-order chi connectivity index (χ0) is 16.9. The maximum atomic E-state index is 12.3. The Hall–Kier alpha value is -2.25. The molecule has 0 atom stereocenters. The fourth-order valence-corrected chi connectivity index (χ4v) is 2.86. The number of carbonyl (C=O) groups is 1. The van der Waals surface area contributed by atoms with E-state index in [0.717, 1.165) is 16.0 Å². The van der Waals surface area contributed by atoms with E-state index in [1.54, 1.807) is 11.8 Å². The lowest BCUT2D eigenvalue weighted by atomic mass is 9.99. The molecule has 1 heterocycles. The molecule has 2 aromatic carbocycles. The smallest absolute Gasteiger partial charge is 0.354 e. The molecule has 1 aromatic heterocycles. The van der Waals surface area contributed by atoms with Gasteiger partial charge >= 0.3 is 5.97 Å². The highest BCUT2D eigenvalue weighted by Crippen LogP contribution is 2.36. The van der Waals surface area contributed by atoms with Crippen LogP contribution >= 0.6 is 24.2 Å². The molecule has 0 saturated carbocycles. The maximum absolute atomic E-state index is 12.3.